The number of thiazole rings is 1. The molecule has 0 aromatic carbocycles. The molecule has 5 nitrogen and oxygen atoms in total. The molecule has 1 amide bonds. The van der Waals surface area contributed by atoms with E-state index in [1.165, 1.54) is 11.8 Å². The summed E-state index contributed by atoms with van der Waals surface area (Å²) in [5.74, 6) is 0.285. The van der Waals surface area contributed by atoms with Gasteiger partial charge in [0.15, 0.2) is 5.16 Å². The maximum atomic E-state index is 12.0. The van der Waals surface area contributed by atoms with Gasteiger partial charge in [0.25, 0.3) is 0 Å². The third-order valence-electron chi connectivity index (χ3n) is 2.60. The summed E-state index contributed by atoms with van der Waals surface area (Å²) in [6.45, 7) is 3.94. The molecule has 0 fully saturated rings. The van der Waals surface area contributed by atoms with Crippen LogP contribution >= 0.6 is 23.1 Å². The molecule has 0 bridgehead atoms. The summed E-state index contributed by atoms with van der Waals surface area (Å²) in [5.41, 5.74) is 0.900. The van der Waals surface area contributed by atoms with Crippen LogP contribution in [0.2, 0.25) is 0 Å². The lowest BCUT2D eigenvalue weighted by Crippen LogP contribution is -2.29. The number of carbonyl (C=O) groups is 1. The van der Waals surface area contributed by atoms with Gasteiger partial charge < -0.3 is 5.32 Å². The Balaban J connectivity index is 1.86. The van der Waals surface area contributed by atoms with E-state index in [9.17, 15) is 4.79 Å². The van der Waals surface area contributed by atoms with E-state index in [1.54, 1.807) is 23.7 Å². The van der Waals surface area contributed by atoms with E-state index in [0.29, 0.717) is 10.9 Å². The van der Waals surface area contributed by atoms with Gasteiger partial charge in [0.1, 0.15) is 5.01 Å². The molecule has 106 valence electrons. The zero-order chi connectivity index (χ0) is 14.4. The Hall–Kier alpha value is -1.47. The van der Waals surface area contributed by atoms with E-state index in [1.807, 2.05) is 25.3 Å². The van der Waals surface area contributed by atoms with Crippen molar-refractivity contribution in [3.05, 3.63) is 34.5 Å². The van der Waals surface area contributed by atoms with Gasteiger partial charge in [-0.2, -0.15) is 0 Å². The second-order valence-electron chi connectivity index (χ2n) is 4.17. The van der Waals surface area contributed by atoms with E-state index < -0.39 is 0 Å². The Bertz CT molecular complexity index is 559. The highest BCUT2D eigenvalue weighted by Gasteiger charge is 2.15. The lowest BCUT2D eigenvalue weighted by atomic mass is 10.2. The maximum Gasteiger partial charge on any atom is 0.231 e. The van der Waals surface area contributed by atoms with Gasteiger partial charge in [0.2, 0.25) is 5.91 Å². The zero-order valence-corrected chi connectivity index (χ0v) is 13.0. The third-order valence-corrected chi connectivity index (χ3v) is 4.35. The van der Waals surface area contributed by atoms with Crippen LogP contribution in [0, 0.1) is 6.92 Å². The predicted molar refractivity (Wildman–Crippen MR) is 80.8 cm³/mol. The first-order valence-corrected chi connectivity index (χ1v) is 8.16. The molecular formula is C13H16N4OS2. The maximum absolute atomic E-state index is 12.0. The van der Waals surface area contributed by atoms with Crippen molar-refractivity contribution in [2.45, 2.75) is 31.5 Å². The molecule has 0 aliphatic carbocycles. The van der Waals surface area contributed by atoms with Crippen LogP contribution in [0.4, 0.5) is 0 Å². The van der Waals surface area contributed by atoms with Gasteiger partial charge in [0, 0.05) is 23.5 Å². The molecule has 1 N–H and O–H groups in total. The van der Waals surface area contributed by atoms with Crippen molar-refractivity contribution in [3.8, 4) is 0 Å². The lowest BCUT2D eigenvalue weighted by Gasteiger charge is -2.13. The number of hydrogen-bond donors (Lipinski definition) is 1. The average Bonchev–Trinajstić information content (AvgIpc) is 2.96. The quantitative estimate of drug-likeness (QED) is 0.656. The van der Waals surface area contributed by atoms with Crippen molar-refractivity contribution >= 4 is 29.0 Å². The smallest absolute Gasteiger partial charge is 0.231 e. The molecular weight excluding hydrogens is 292 g/mol. The molecule has 0 spiro atoms. The molecule has 0 aliphatic rings. The fourth-order valence-corrected chi connectivity index (χ4v) is 3.07. The number of hydrogen-bond acceptors (Lipinski definition) is 6. The van der Waals surface area contributed by atoms with Crippen molar-refractivity contribution in [2.24, 2.45) is 0 Å². The number of nitrogens with zero attached hydrogens (tertiary/aromatic N) is 3. The first kappa shape index (κ1) is 14.9. The average molecular weight is 308 g/mol. The number of amides is 1. The van der Waals surface area contributed by atoms with Crippen LogP contribution in [0.5, 0.6) is 0 Å². The summed E-state index contributed by atoms with van der Waals surface area (Å²) in [6, 6.07) is 1.82. The zero-order valence-electron chi connectivity index (χ0n) is 11.4. The normalized spacial score (nSPS) is 12.1. The van der Waals surface area contributed by atoms with Crippen molar-refractivity contribution in [3.63, 3.8) is 0 Å². The molecule has 7 heteroatoms. The van der Waals surface area contributed by atoms with Crippen molar-refractivity contribution in [2.75, 3.05) is 5.75 Å². The fraction of sp³-hybridized carbons (Fsp3) is 0.385. The van der Waals surface area contributed by atoms with Gasteiger partial charge in [-0.25, -0.2) is 15.0 Å². The molecule has 0 aliphatic heterocycles. The Morgan fingerprint density at radius 1 is 1.45 bits per heavy atom. The molecule has 0 unspecified atom stereocenters. The number of carbonyl (C=O) groups excluding carboxylic acids is 1. The summed E-state index contributed by atoms with van der Waals surface area (Å²) in [5, 5.41) is 6.47. The molecule has 0 saturated heterocycles. The minimum absolute atomic E-state index is 0.0125. The van der Waals surface area contributed by atoms with Crippen LogP contribution in [0.25, 0.3) is 0 Å². The Kier molecular flexibility index (Phi) is 5.49. The number of nitrogens with one attached hydrogen (secondary N) is 1. The van der Waals surface area contributed by atoms with E-state index in [4.69, 9.17) is 0 Å². The SMILES string of the molecule is CC[C@H](NC(=O)CSc1nccc(C)n1)c1nccs1. The number of aryl methyl sites for hydroxylation is 1. The predicted octanol–water partition coefficient (Wildman–Crippen LogP) is 2.60. The highest BCUT2D eigenvalue weighted by molar-refractivity contribution is 7.99. The van der Waals surface area contributed by atoms with E-state index in [0.717, 1.165) is 17.1 Å². The van der Waals surface area contributed by atoms with Crippen molar-refractivity contribution in [1.29, 1.82) is 0 Å². The van der Waals surface area contributed by atoms with E-state index in [-0.39, 0.29) is 11.9 Å². The Morgan fingerprint density at radius 3 is 2.95 bits per heavy atom. The van der Waals surface area contributed by atoms with Gasteiger partial charge in [-0.15, -0.1) is 11.3 Å². The minimum atomic E-state index is -0.0258. The van der Waals surface area contributed by atoms with Gasteiger partial charge in [-0.05, 0) is 19.4 Å². The molecule has 0 saturated carbocycles. The van der Waals surface area contributed by atoms with Crippen LogP contribution < -0.4 is 5.32 Å². The second kappa shape index (κ2) is 7.35. The summed E-state index contributed by atoms with van der Waals surface area (Å²) in [4.78, 5) is 24.6. The van der Waals surface area contributed by atoms with Crippen molar-refractivity contribution in [1.82, 2.24) is 20.3 Å². The first-order chi connectivity index (χ1) is 9.69. The molecule has 2 aromatic heterocycles. The highest BCUT2D eigenvalue weighted by atomic mass is 32.2. The van der Waals surface area contributed by atoms with Crippen LogP contribution in [0.1, 0.15) is 30.1 Å². The molecule has 1 atom stereocenters. The number of aromatic nitrogens is 3. The Labute approximate surface area is 126 Å². The molecule has 2 heterocycles. The summed E-state index contributed by atoms with van der Waals surface area (Å²) in [6.07, 6.45) is 4.28. The molecule has 20 heavy (non-hydrogen) atoms. The number of thioether (sulfide) groups is 1. The standard InChI is InChI=1S/C13H16N4OS2/c1-3-10(12-14-6-7-19-12)17-11(18)8-20-13-15-5-4-9(2)16-13/h4-7,10H,3,8H2,1-2H3,(H,17,18)/t10-/m0/s1. The van der Waals surface area contributed by atoms with Gasteiger partial charge in [0.05, 0.1) is 11.8 Å². The molecule has 0 radical (unpaired) electrons. The monoisotopic (exact) mass is 308 g/mol. The molecule has 2 aromatic rings. The highest BCUT2D eigenvalue weighted by Crippen LogP contribution is 2.19. The largest absolute Gasteiger partial charge is 0.346 e. The van der Waals surface area contributed by atoms with Crippen LogP contribution in [-0.2, 0) is 4.79 Å². The van der Waals surface area contributed by atoms with Gasteiger partial charge in [-0.3, -0.25) is 4.79 Å². The number of rotatable bonds is 6. The second-order valence-corrected chi connectivity index (χ2v) is 6.04. The van der Waals surface area contributed by atoms with E-state index >= 15 is 0 Å². The first-order valence-electron chi connectivity index (χ1n) is 6.30. The summed E-state index contributed by atoms with van der Waals surface area (Å²) in [7, 11) is 0. The fourth-order valence-electron chi connectivity index (χ4n) is 1.61. The topological polar surface area (TPSA) is 67.8 Å². The third kappa shape index (κ3) is 4.28. The van der Waals surface area contributed by atoms with Crippen molar-refractivity contribution < 1.29 is 4.79 Å². The molecule has 2 rings (SSSR count). The van der Waals surface area contributed by atoms with Gasteiger partial charge in [-0.1, -0.05) is 18.7 Å². The van der Waals surface area contributed by atoms with E-state index in [2.05, 4.69) is 20.3 Å². The van der Waals surface area contributed by atoms with Crippen LogP contribution in [0.15, 0.2) is 29.0 Å². The lowest BCUT2D eigenvalue weighted by molar-refractivity contribution is -0.119. The summed E-state index contributed by atoms with van der Waals surface area (Å²) < 4.78 is 0. The minimum Gasteiger partial charge on any atom is -0.346 e. The Morgan fingerprint density at radius 2 is 2.30 bits per heavy atom. The van der Waals surface area contributed by atoms with Crippen LogP contribution in [0.3, 0.4) is 0 Å². The van der Waals surface area contributed by atoms with Gasteiger partial charge >= 0.3 is 0 Å². The van der Waals surface area contributed by atoms with Crippen LogP contribution in [-0.4, -0.2) is 26.6 Å². The summed E-state index contributed by atoms with van der Waals surface area (Å²) >= 11 is 2.90.